The minimum Gasteiger partial charge on any atom is -0.469 e. The summed E-state index contributed by atoms with van der Waals surface area (Å²) in [7, 11) is 1.44. The number of hydrogen-bond acceptors (Lipinski definition) is 4. The van der Waals surface area contributed by atoms with Gasteiger partial charge in [0.2, 0.25) is 0 Å². The van der Waals surface area contributed by atoms with Crippen LogP contribution in [0.4, 0.5) is 0 Å². The minimum absolute atomic E-state index is 0.220. The average Bonchev–Trinajstić information content (AvgIpc) is 3.11. The number of hydrogen-bond donors (Lipinski definition) is 0. The van der Waals surface area contributed by atoms with E-state index in [1.54, 1.807) is 0 Å². The molecule has 0 fully saturated rings. The van der Waals surface area contributed by atoms with Crippen LogP contribution in [-0.2, 0) is 16.0 Å². The van der Waals surface area contributed by atoms with Crippen molar-refractivity contribution in [3.63, 3.8) is 0 Å². The van der Waals surface area contributed by atoms with Crippen LogP contribution in [-0.4, -0.2) is 18.2 Å². The van der Waals surface area contributed by atoms with Crippen molar-refractivity contribution in [3.8, 4) is 0 Å². The Balaban J connectivity index is 1.56. The molecular weight excluding hydrogens is 530 g/mol. The van der Waals surface area contributed by atoms with Crippen LogP contribution in [0.5, 0.6) is 0 Å². The van der Waals surface area contributed by atoms with E-state index in [-0.39, 0.29) is 12.4 Å². The molecule has 4 unspecified atom stereocenters. The van der Waals surface area contributed by atoms with E-state index in [4.69, 9.17) is 9.26 Å². The van der Waals surface area contributed by atoms with E-state index in [1.165, 1.54) is 40.5 Å². The molecule has 0 aliphatic heterocycles. The quantitative estimate of drug-likeness (QED) is 0.309. The van der Waals surface area contributed by atoms with Gasteiger partial charge in [-0.1, -0.05) is 110 Å². The molecule has 1 aromatic heterocycles. The summed E-state index contributed by atoms with van der Waals surface area (Å²) in [5.41, 5.74) is 10.9. The van der Waals surface area contributed by atoms with E-state index < -0.39 is 0 Å². The van der Waals surface area contributed by atoms with Crippen molar-refractivity contribution in [1.29, 1.82) is 0 Å². The van der Waals surface area contributed by atoms with Crippen molar-refractivity contribution < 1.29 is 14.1 Å². The number of aryl methyl sites for hydroxylation is 2. The second-order valence-corrected chi connectivity index (χ2v) is 12.5. The van der Waals surface area contributed by atoms with Gasteiger partial charge in [0.15, 0.2) is 0 Å². The first-order valence-electron chi connectivity index (χ1n) is 15.7. The molecule has 0 saturated heterocycles. The minimum atomic E-state index is -0.220. The highest BCUT2D eigenvalue weighted by Crippen LogP contribution is 2.43. The zero-order chi connectivity index (χ0) is 30.5. The topological polar surface area (TPSA) is 52.3 Å². The van der Waals surface area contributed by atoms with Crippen LogP contribution < -0.4 is 0 Å². The van der Waals surface area contributed by atoms with E-state index in [2.05, 4.69) is 105 Å². The zero-order valence-corrected chi connectivity index (χ0v) is 26.5. The number of allylic oxidation sites excluding steroid dienone is 14. The Morgan fingerprint density at radius 3 is 2.58 bits per heavy atom. The van der Waals surface area contributed by atoms with Crippen LogP contribution in [0.3, 0.4) is 0 Å². The first-order chi connectivity index (χ1) is 20.7. The summed E-state index contributed by atoms with van der Waals surface area (Å²) in [5, 5.41) is 4.27. The number of nitrogens with zero attached hydrogens (tertiary/aromatic N) is 1. The number of ether oxygens (including phenoxy) is 1. The van der Waals surface area contributed by atoms with Crippen molar-refractivity contribution in [3.05, 3.63) is 124 Å². The summed E-state index contributed by atoms with van der Waals surface area (Å²) in [6.45, 7) is 11.0. The molecule has 224 valence electrons. The monoisotopic (exact) mass is 575 g/mol. The van der Waals surface area contributed by atoms with Gasteiger partial charge in [-0.3, -0.25) is 4.79 Å². The van der Waals surface area contributed by atoms with Gasteiger partial charge in [0.1, 0.15) is 5.76 Å². The average molecular weight is 576 g/mol. The lowest BCUT2D eigenvalue weighted by atomic mass is 9.82. The third-order valence-electron chi connectivity index (χ3n) is 9.14. The second kappa shape index (κ2) is 13.6. The van der Waals surface area contributed by atoms with Crippen molar-refractivity contribution in [2.24, 2.45) is 23.7 Å². The van der Waals surface area contributed by atoms with E-state index in [9.17, 15) is 4.79 Å². The van der Waals surface area contributed by atoms with E-state index in [0.29, 0.717) is 23.7 Å². The van der Waals surface area contributed by atoms with Crippen molar-refractivity contribution in [2.75, 3.05) is 7.11 Å². The number of carbonyl (C=O) groups is 1. The van der Waals surface area contributed by atoms with Gasteiger partial charge in [-0.2, -0.15) is 0 Å². The van der Waals surface area contributed by atoms with Gasteiger partial charge in [0.25, 0.3) is 0 Å². The summed E-state index contributed by atoms with van der Waals surface area (Å²) in [6, 6.07) is 8.48. The summed E-state index contributed by atoms with van der Waals surface area (Å²) in [5.74, 6) is 2.36. The van der Waals surface area contributed by atoms with Gasteiger partial charge in [-0.05, 0) is 96.6 Å². The van der Waals surface area contributed by atoms with Crippen LogP contribution in [0.25, 0.3) is 11.1 Å². The molecule has 0 saturated carbocycles. The van der Waals surface area contributed by atoms with Gasteiger partial charge < -0.3 is 9.26 Å². The standard InChI is InChI=1S/C39H45NO3/c1-25-12-19-36-33(24-34(20-25)39-28(4)40-43-29(39)5)18-15-31(21-27(3)35-11-9-7-8-10-26(35)2)22-37(36)32-16-13-30(14-17-32)23-38(41)42-6/h7-11,13-14,16-17,19-20,22,24-27,31H,12,15,18,21,23H2,1-6H3. The molecule has 0 spiro atoms. The number of esters is 1. The lowest BCUT2D eigenvalue weighted by Crippen LogP contribution is -2.11. The van der Waals surface area contributed by atoms with E-state index in [0.717, 1.165) is 48.3 Å². The molecule has 4 nitrogen and oxygen atoms in total. The molecule has 4 atom stereocenters. The van der Waals surface area contributed by atoms with Crippen LogP contribution in [0.15, 0.2) is 100 Å². The SMILES string of the molecule is COC(=O)Cc1ccc(C2=CC(CC(C)C3=CC=CC=CC3C)CCC3=CC(c4c(C)noc4C)=CC(C)CC=C32)cc1. The number of aromatic nitrogens is 1. The molecule has 0 amide bonds. The number of methoxy groups -OCH3 is 1. The van der Waals surface area contributed by atoms with Gasteiger partial charge in [-0.15, -0.1) is 0 Å². The number of carbonyl (C=O) groups excluding carboxylic acids is 1. The predicted molar refractivity (Wildman–Crippen MR) is 176 cm³/mol. The molecule has 4 heteroatoms. The Morgan fingerprint density at radius 1 is 1.07 bits per heavy atom. The summed E-state index contributed by atoms with van der Waals surface area (Å²) >= 11 is 0. The second-order valence-electron chi connectivity index (χ2n) is 12.5. The smallest absolute Gasteiger partial charge is 0.309 e. The Morgan fingerprint density at radius 2 is 1.86 bits per heavy atom. The van der Waals surface area contributed by atoms with Crippen LogP contribution in [0, 0.1) is 37.5 Å². The highest BCUT2D eigenvalue weighted by atomic mass is 16.5. The Hall–Kier alpha value is -3.92. The van der Waals surface area contributed by atoms with Gasteiger partial charge in [-0.25, -0.2) is 0 Å². The molecule has 0 N–H and O–H groups in total. The lowest BCUT2D eigenvalue weighted by Gasteiger charge is -2.23. The lowest BCUT2D eigenvalue weighted by molar-refractivity contribution is -0.139. The van der Waals surface area contributed by atoms with E-state index in [1.807, 2.05) is 13.8 Å². The Bertz CT molecular complexity index is 1530. The largest absolute Gasteiger partial charge is 0.469 e. The molecule has 1 heterocycles. The van der Waals surface area contributed by atoms with Crippen molar-refractivity contribution >= 4 is 17.1 Å². The predicted octanol–water partition coefficient (Wildman–Crippen LogP) is 9.49. The van der Waals surface area contributed by atoms with Crippen LogP contribution in [0.1, 0.15) is 74.6 Å². The summed E-state index contributed by atoms with van der Waals surface area (Å²) in [6.07, 6.45) is 25.3. The first kappa shape index (κ1) is 30.5. The number of fused-ring (bicyclic) bond motifs is 1. The van der Waals surface area contributed by atoms with Gasteiger partial charge in [0.05, 0.1) is 19.2 Å². The molecule has 0 bridgehead atoms. The fourth-order valence-corrected chi connectivity index (χ4v) is 6.82. The third kappa shape index (κ3) is 7.18. The van der Waals surface area contributed by atoms with Crippen molar-refractivity contribution in [1.82, 2.24) is 5.16 Å². The highest BCUT2D eigenvalue weighted by Gasteiger charge is 2.26. The molecule has 2 aromatic rings. The fraction of sp³-hybridized carbons (Fsp3) is 0.385. The maximum Gasteiger partial charge on any atom is 0.309 e. The molecule has 3 aliphatic rings. The summed E-state index contributed by atoms with van der Waals surface area (Å²) < 4.78 is 10.5. The molecule has 0 radical (unpaired) electrons. The molecule has 1 aromatic carbocycles. The van der Waals surface area contributed by atoms with Crippen LogP contribution in [0.2, 0.25) is 0 Å². The third-order valence-corrected chi connectivity index (χ3v) is 9.14. The maximum absolute atomic E-state index is 11.9. The van der Waals surface area contributed by atoms with Crippen molar-refractivity contribution in [2.45, 2.75) is 66.7 Å². The van der Waals surface area contributed by atoms with Gasteiger partial charge in [0, 0.05) is 5.56 Å². The Kier molecular flexibility index (Phi) is 9.65. The highest BCUT2D eigenvalue weighted by molar-refractivity contribution is 5.88. The number of benzene rings is 1. The molecule has 43 heavy (non-hydrogen) atoms. The molecular formula is C39H45NO3. The maximum atomic E-state index is 11.9. The first-order valence-corrected chi connectivity index (χ1v) is 15.7. The number of rotatable bonds is 7. The fourth-order valence-electron chi connectivity index (χ4n) is 6.82. The normalized spacial score (nSPS) is 22.8. The Labute approximate surface area is 257 Å². The van der Waals surface area contributed by atoms with Gasteiger partial charge >= 0.3 is 5.97 Å². The zero-order valence-electron chi connectivity index (χ0n) is 26.5. The molecule has 3 aliphatic carbocycles. The van der Waals surface area contributed by atoms with Crippen LogP contribution >= 0.6 is 0 Å². The summed E-state index contributed by atoms with van der Waals surface area (Å²) in [4.78, 5) is 11.9. The molecule has 5 rings (SSSR count). The van der Waals surface area contributed by atoms with E-state index >= 15 is 0 Å².